The number of benzene rings is 2. The highest BCUT2D eigenvalue weighted by atomic mass is 19.4. The van der Waals surface area contributed by atoms with Crippen molar-refractivity contribution in [1.82, 2.24) is 5.32 Å². The Labute approximate surface area is 158 Å². The molecule has 0 aromatic heterocycles. The van der Waals surface area contributed by atoms with Gasteiger partial charge in [-0.1, -0.05) is 24.3 Å². The number of alkyl halides is 3. The lowest BCUT2D eigenvalue weighted by atomic mass is 10.1. The molecule has 3 rings (SSSR count). The first-order valence-corrected chi connectivity index (χ1v) is 8.42. The first-order valence-electron chi connectivity index (χ1n) is 8.42. The summed E-state index contributed by atoms with van der Waals surface area (Å²) >= 11 is 0. The molecule has 28 heavy (non-hydrogen) atoms. The Morgan fingerprint density at radius 1 is 1.04 bits per heavy atom. The van der Waals surface area contributed by atoms with Crippen LogP contribution in [0.1, 0.15) is 5.56 Å². The van der Waals surface area contributed by atoms with Crippen LogP contribution in [0.4, 0.5) is 18.9 Å². The average Bonchev–Trinajstić information content (AvgIpc) is 2.67. The van der Waals surface area contributed by atoms with Gasteiger partial charge in [-0.05, 0) is 29.8 Å². The highest BCUT2D eigenvalue weighted by molar-refractivity contribution is 5.94. The fourth-order valence-electron chi connectivity index (χ4n) is 2.52. The summed E-state index contributed by atoms with van der Waals surface area (Å²) in [6.45, 7) is -1.30. The lowest BCUT2D eigenvalue weighted by Gasteiger charge is -2.25. The molecule has 0 saturated heterocycles. The van der Waals surface area contributed by atoms with Crippen LogP contribution in [0.25, 0.3) is 0 Å². The average molecular weight is 394 g/mol. The third-order valence-electron chi connectivity index (χ3n) is 3.87. The van der Waals surface area contributed by atoms with Gasteiger partial charge >= 0.3 is 6.18 Å². The number of carbonyl (C=O) groups excluding carboxylic acids is 2. The van der Waals surface area contributed by atoms with Crippen LogP contribution >= 0.6 is 0 Å². The molecule has 0 aliphatic carbocycles. The molecule has 0 saturated carbocycles. The van der Waals surface area contributed by atoms with E-state index in [2.05, 4.69) is 5.32 Å². The molecule has 0 bridgehead atoms. The summed E-state index contributed by atoms with van der Waals surface area (Å²) < 4.78 is 47.4. The van der Waals surface area contributed by atoms with Gasteiger partial charge in [-0.25, -0.2) is 0 Å². The fraction of sp³-hybridized carbons (Fsp3) is 0.263. The third-order valence-corrected chi connectivity index (χ3v) is 3.87. The Kier molecular flexibility index (Phi) is 5.72. The largest absolute Gasteiger partial charge is 0.485 e. The van der Waals surface area contributed by atoms with E-state index in [-0.39, 0.29) is 13.0 Å². The zero-order valence-electron chi connectivity index (χ0n) is 14.6. The minimum Gasteiger partial charge on any atom is -0.485 e. The maximum Gasteiger partial charge on any atom is 0.405 e. The fourth-order valence-corrected chi connectivity index (χ4v) is 2.52. The predicted octanol–water partition coefficient (Wildman–Crippen LogP) is 2.69. The number of rotatable bonds is 5. The summed E-state index contributed by atoms with van der Waals surface area (Å²) in [5, 5.41) is 4.48. The zero-order chi connectivity index (χ0) is 20.1. The van der Waals surface area contributed by atoms with Crippen molar-refractivity contribution in [2.75, 3.05) is 18.5 Å². The first kappa shape index (κ1) is 19.5. The van der Waals surface area contributed by atoms with Crippen molar-refractivity contribution in [3.63, 3.8) is 0 Å². The number of hydrogen-bond donors (Lipinski definition) is 2. The van der Waals surface area contributed by atoms with Gasteiger partial charge in [-0.15, -0.1) is 0 Å². The summed E-state index contributed by atoms with van der Waals surface area (Å²) in [5.74, 6) is -0.0838. The normalized spacial score (nSPS) is 15.6. The number of nitrogens with one attached hydrogen (secondary N) is 2. The Balaban J connectivity index is 1.51. The number of halogens is 3. The van der Waals surface area contributed by atoms with Crippen LogP contribution in [0.2, 0.25) is 0 Å². The van der Waals surface area contributed by atoms with Crippen LogP contribution in [0.3, 0.4) is 0 Å². The number of ether oxygens (including phenoxy) is 2. The maximum atomic E-state index is 12.3. The second kappa shape index (κ2) is 8.20. The summed E-state index contributed by atoms with van der Waals surface area (Å²) in [5.41, 5.74) is 0.982. The molecule has 2 N–H and O–H groups in total. The molecular weight excluding hydrogens is 377 g/mol. The molecule has 2 amide bonds. The van der Waals surface area contributed by atoms with Gasteiger partial charge in [0.2, 0.25) is 12.0 Å². The highest BCUT2D eigenvalue weighted by Crippen LogP contribution is 2.31. The molecule has 1 atom stereocenters. The smallest absolute Gasteiger partial charge is 0.405 e. The number of fused-ring (bicyclic) bond motifs is 1. The molecule has 1 aliphatic heterocycles. The van der Waals surface area contributed by atoms with E-state index in [1.165, 1.54) is 0 Å². The van der Waals surface area contributed by atoms with E-state index >= 15 is 0 Å². The van der Waals surface area contributed by atoms with Crippen molar-refractivity contribution in [3.05, 3.63) is 54.1 Å². The summed E-state index contributed by atoms with van der Waals surface area (Å²) in [7, 11) is 0. The summed E-state index contributed by atoms with van der Waals surface area (Å²) in [6.07, 6.45) is -5.46. The van der Waals surface area contributed by atoms with E-state index in [4.69, 9.17) is 9.47 Å². The van der Waals surface area contributed by atoms with Gasteiger partial charge in [0.1, 0.15) is 13.2 Å². The second-order valence-electron chi connectivity index (χ2n) is 6.12. The maximum absolute atomic E-state index is 12.3. The van der Waals surface area contributed by atoms with Crippen molar-refractivity contribution in [1.29, 1.82) is 0 Å². The Bertz CT molecular complexity index is 853. The zero-order valence-corrected chi connectivity index (χ0v) is 14.6. The van der Waals surface area contributed by atoms with E-state index < -0.39 is 30.6 Å². The van der Waals surface area contributed by atoms with E-state index in [0.717, 1.165) is 0 Å². The molecule has 1 aliphatic rings. The first-order chi connectivity index (χ1) is 13.3. The van der Waals surface area contributed by atoms with Crippen LogP contribution in [0.5, 0.6) is 11.5 Å². The van der Waals surface area contributed by atoms with Crippen molar-refractivity contribution < 1.29 is 32.2 Å². The van der Waals surface area contributed by atoms with Gasteiger partial charge < -0.3 is 20.1 Å². The summed E-state index contributed by atoms with van der Waals surface area (Å²) in [6, 6.07) is 13.2. The Hall–Kier alpha value is -3.23. The van der Waals surface area contributed by atoms with E-state index in [9.17, 15) is 22.8 Å². The number of carbonyl (C=O) groups is 2. The van der Waals surface area contributed by atoms with Crippen molar-refractivity contribution in [3.8, 4) is 11.5 Å². The van der Waals surface area contributed by atoms with Crippen molar-refractivity contribution in [2.24, 2.45) is 0 Å². The molecular formula is C19H17F3N2O4. The van der Waals surface area contributed by atoms with Gasteiger partial charge in [-0.3, -0.25) is 9.59 Å². The van der Waals surface area contributed by atoms with Gasteiger partial charge in [-0.2, -0.15) is 13.2 Å². The molecule has 0 fully saturated rings. The number of para-hydroxylation sites is 2. The summed E-state index contributed by atoms with van der Waals surface area (Å²) in [4.78, 5) is 23.9. The van der Waals surface area contributed by atoms with Gasteiger partial charge in [0.15, 0.2) is 11.5 Å². The third kappa shape index (κ3) is 5.38. The molecule has 0 radical (unpaired) electrons. The van der Waals surface area contributed by atoms with Crippen molar-refractivity contribution in [2.45, 2.75) is 18.7 Å². The van der Waals surface area contributed by atoms with E-state index in [0.29, 0.717) is 22.7 Å². The standard InChI is InChI=1S/C19H17F3N2O4/c20-19(21,22)11-23-17(25)9-12-5-7-13(8-6-12)24-18(26)16-10-27-14-3-1-2-4-15(14)28-16/h1-8,16H,9-11H2,(H,23,25)(H,24,26)/t16-/m1/s1. The lowest BCUT2D eigenvalue weighted by molar-refractivity contribution is -0.138. The predicted molar refractivity (Wildman–Crippen MR) is 94.2 cm³/mol. The van der Waals surface area contributed by atoms with Crippen LogP contribution in [-0.4, -0.2) is 37.2 Å². The molecule has 6 nitrogen and oxygen atoms in total. The van der Waals surface area contributed by atoms with Crippen LogP contribution in [-0.2, 0) is 16.0 Å². The van der Waals surface area contributed by atoms with Gasteiger partial charge in [0.25, 0.3) is 5.91 Å². The van der Waals surface area contributed by atoms with Gasteiger partial charge in [0, 0.05) is 5.69 Å². The quantitative estimate of drug-likeness (QED) is 0.818. The minimum absolute atomic E-state index is 0.0697. The minimum atomic E-state index is -4.45. The van der Waals surface area contributed by atoms with Crippen molar-refractivity contribution >= 4 is 17.5 Å². The van der Waals surface area contributed by atoms with Crippen LogP contribution < -0.4 is 20.1 Å². The van der Waals surface area contributed by atoms with Crippen LogP contribution in [0.15, 0.2) is 48.5 Å². The Morgan fingerprint density at radius 3 is 2.39 bits per heavy atom. The molecule has 2 aromatic carbocycles. The number of amides is 2. The molecule has 9 heteroatoms. The molecule has 0 spiro atoms. The van der Waals surface area contributed by atoms with E-state index in [1.54, 1.807) is 53.8 Å². The van der Waals surface area contributed by atoms with Gasteiger partial charge in [0.05, 0.1) is 6.42 Å². The second-order valence-corrected chi connectivity index (χ2v) is 6.12. The monoisotopic (exact) mass is 394 g/mol. The molecule has 148 valence electrons. The topological polar surface area (TPSA) is 76.7 Å². The SMILES string of the molecule is O=C(Cc1ccc(NC(=O)[C@H]2COc3ccccc3O2)cc1)NCC(F)(F)F. The Morgan fingerprint density at radius 2 is 1.71 bits per heavy atom. The molecule has 1 heterocycles. The number of hydrogen-bond acceptors (Lipinski definition) is 4. The highest BCUT2D eigenvalue weighted by Gasteiger charge is 2.28. The lowest BCUT2D eigenvalue weighted by Crippen LogP contribution is -2.40. The molecule has 0 unspecified atom stereocenters. The van der Waals surface area contributed by atoms with E-state index in [1.807, 2.05) is 0 Å². The van der Waals surface area contributed by atoms with Crippen LogP contribution in [0, 0.1) is 0 Å². The molecule has 2 aromatic rings. The number of anilines is 1.